The highest BCUT2D eigenvalue weighted by Gasteiger charge is 2.23. The molecule has 2 heterocycles. The number of hydrogen-bond acceptors (Lipinski definition) is 5. The summed E-state index contributed by atoms with van der Waals surface area (Å²) in [6.45, 7) is 0. The third kappa shape index (κ3) is 2.12. The van der Waals surface area contributed by atoms with Crippen molar-refractivity contribution in [2.45, 2.75) is 0 Å². The van der Waals surface area contributed by atoms with Crippen LogP contribution in [0.25, 0.3) is 5.70 Å². The molecule has 0 saturated heterocycles. The second-order valence-electron chi connectivity index (χ2n) is 4.18. The zero-order valence-corrected chi connectivity index (χ0v) is 10.7. The molecule has 0 bridgehead atoms. The predicted molar refractivity (Wildman–Crippen MR) is 73.9 cm³/mol. The molecule has 0 fully saturated rings. The van der Waals surface area contributed by atoms with Gasteiger partial charge < -0.3 is 5.32 Å². The van der Waals surface area contributed by atoms with Gasteiger partial charge in [0.25, 0.3) is 11.9 Å². The van der Waals surface area contributed by atoms with Crippen LogP contribution in [-0.2, 0) is 4.79 Å². The molecule has 3 rings (SSSR count). The summed E-state index contributed by atoms with van der Waals surface area (Å²) in [5, 5.41) is 25.8. The summed E-state index contributed by atoms with van der Waals surface area (Å²) in [4.78, 5) is 16.7. The van der Waals surface area contributed by atoms with Gasteiger partial charge in [0, 0.05) is 17.2 Å². The van der Waals surface area contributed by atoms with Crippen molar-refractivity contribution < 1.29 is 4.79 Å². The van der Waals surface area contributed by atoms with Crippen LogP contribution in [0.15, 0.2) is 36.7 Å². The molecule has 1 aromatic heterocycles. The minimum atomic E-state index is -0.593. The first-order valence-corrected chi connectivity index (χ1v) is 5.97. The number of anilines is 1. The number of nitrogens with one attached hydrogen (secondary N) is 3. The number of fused-ring (bicyclic) bond motifs is 1. The quantitative estimate of drug-likeness (QED) is 0.422. The van der Waals surface area contributed by atoms with Crippen LogP contribution in [0.5, 0.6) is 0 Å². The number of nitrogens with zero attached hydrogens (tertiary/aromatic N) is 4. The van der Waals surface area contributed by atoms with Crippen molar-refractivity contribution in [3.05, 3.63) is 47.8 Å². The number of carbonyl (C=O) groups is 1. The Hall–Kier alpha value is -3.47. The maximum Gasteiger partial charge on any atom is 0.268 e. The van der Waals surface area contributed by atoms with Crippen molar-refractivity contribution in [3.8, 4) is 6.19 Å². The second kappa shape index (κ2) is 4.90. The average molecular weight is 279 g/mol. The van der Waals surface area contributed by atoms with Gasteiger partial charge in [-0.3, -0.25) is 15.3 Å². The van der Waals surface area contributed by atoms with Crippen LogP contribution < -0.4 is 10.2 Å². The molecular formula is C13H9N7O. The SMILES string of the molecule is N#CN(C(=O)C=C1NC(=N)c2ccccc21)c1nc[nH]n1. The molecule has 3 N–H and O–H groups in total. The molecule has 0 aliphatic carbocycles. The van der Waals surface area contributed by atoms with E-state index in [1.807, 2.05) is 12.1 Å². The normalized spacial score (nSPS) is 14.4. The lowest BCUT2D eigenvalue weighted by molar-refractivity contribution is -0.113. The van der Waals surface area contributed by atoms with Crippen LogP contribution >= 0.6 is 0 Å². The smallest absolute Gasteiger partial charge is 0.268 e. The van der Waals surface area contributed by atoms with E-state index in [2.05, 4.69) is 20.5 Å². The number of aromatic amines is 1. The Bertz CT molecular complexity index is 785. The van der Waals surface area contributed by atoms with Gasteiger partial charge in [0.2, 0.25) is 0 Å². The van der Waals surface area contributed by atoms with Gasteiger partial charge in [0.15, 0.2) is 6.19 Å². The summed E-state index contributed by atoms with van der Waals surface area (Å²) in [5.41, 5.74) is 1.91. The summed E-state index contributed by atoms with van der Waals surface area (Å²) < 4.78 is 0. The van der Waals surface area contributed by atoms with Crippen molar-refractivity contribution in [1.29, 1.82) is 10.7 Å². The molecule has 0 radical (unpaired) electrons. The minimum absolute atomic E-state index is 0.0271. The van der Waals surface area contributed by atoms with E-state index in [-0.39, 0.29) is 11.8 Å². The summed E-state index contributed by atoms with van der Waals surface area (Å²) >= 11 is 0. The fraction of sp³-hybridized carbons (Fsp3) is 0. The summed E-state index contributed by atoms with van der Waals surface area (Å²) in [7, 11) is 0. The Kier molecular flexibility index (Phi) is 2.93. The van der Waals surface area contributed by atoms with Gasteiger partial charge >= 0.3 is 0 Å². The fourth-order valence-corrected chi connectivity index (χ4v) is 2.01. The molecule has 102 valence electrons. The first kappa shape index (κ1) is 12.6. The number of H-pyrrole nitrogens is 1. The molecule has 1 aromatic carbocycles. The van der Waals surface area contributed by atoms with Crippen LogP contribution in [0, 0.1) is 16.9 Å². The van der Waals surface area contributed by atoms with Gasteiger partial charge in [0.1, 0.15) is 12.2 Å². The van der Waals surface area contributed by atoms with E-state index in [4.69, 9.17) is 10.7 Å². The Balaban J connectivity index is 1.95. The number of amidine groups is 1. The van der Waals surface area contributed by atoms with Crippen molar-refractivity contribution in [1.82, 2.24) is 20.5 Å². The van der Waals surface area contributed by atoms with Crippen LogP contribution in [0.4, 0.5) is 5.95 Å². The molecule has 0 unspecified atom stereocenters. The van der Waals surface area contributed by atoms with Crippen molar-refractivity contribution >= 4 is 23.4 Å². The number of nitriles is 1. The number of hydrogen-bond donors (Lipinski definition) is 3. The molecular weight excluding hydrogens is 270 g/mol. The highest BCUT2D eigenvalue weighted by Crippen LogP contribution is 2.24. The number of benzene rings is 1. The predicted octanol–water partition coefficient (Wildman–Crippen LogP) is 0.588. The highest BCUT2D eigenvalue weighted by molar-refractivity contribution is 6.15. The lowest BCUT2D eigenvalue weighted by Crippen LogP contribution is -2.26. The van der Waals surface area contributed by atoms with E-state index in [0.717, 1.165) is 10.5 Å². The largest absolute Gasteiger partial charge is 0.340 e. The summed E-state index contributed by atoms with van der Waals surface area (Å²) in [6.07, 6.45) is 4.25. The molecule has 1 amide bonds. The van der Waals surface area contributed by atoms with Crippen molar-refractivity contribution in [2.24, 2.45) is 0 Å². The lowest BCUT2D eigenvalue weighted by Gasteiger charge is -2.07. The van der Waals surface area contributed by atoms with E-state index in [1.165, 1.54) is 12.4 Å². The Morgan fingerprint density at radius 3 is 2.81 bits per heavy atom. The first-order chi connectivity index (χ1) is 10.2. The summed E-state index contributed by atoms with van der Waals surface area (Å²) in [6, 6.07) is 7.21. The van der Waals surface area contributed by atoms with E-state index < -0.39 is 5.91 Å². The van der Waals surface area contributed by atoms with Crippen LogP contribution in [0.1, 0.15) is 11.1 Å². The molecule has 1 aliphatic heterocycles. The van der Waals surface area contributed by atoms with Gasteiger partial charge in [-0.05, 0) is 0 Å². The number of carbonyl (C=O) groups excluding carboxylic acids is 1. The number of aromatic nitrogens is 3. The van der Waals surface area contributed by atoms with Crippen LogP contribution in [0.2, 0.25) is 0 Å². The molecule has 0 spiro atoms. The van der Waals surface area contributed by atoms with E-state index >= 15 is 0 Å². The topological polar surface area (TPSA) is 122 Å². The molecule has 1 aliphatic rings. The Labute approximate surface area is 119 Å². The zero-order valence-electron chi connectivity index (χ0n) is 10.7. The third-order valence-electron chi connectivity index (χ3n) is 2.94. The maximum atomic E-state index is 12.2. The van der Waals surface area contributed by atoms with Gasteiger partial charge in [-0.15, -0.1) is 5.10 Å². The molecule has 0 atom stereocenters. The third-order valence-corrected chi connectivity index (χ3v) is 2.94. The second-order valence-corrected chi connectivity index (χ2v) is 4.18. The first-order valence-electron chi connectivity index (χ1n) is 5.97. The Morgan fingerprint density at radius 2 is 2.14 bits per heavy atom. The number of rotatable bonds is 2. The van der Waals surface area contributed by atoms with Crippen molar-refractivity contribution in [2.75, 3.05) is 4.90 Å². The van der Waals surface area contributed by atoms with E-state index in [1.54, 1.807) is 18.3 Å². The van der Waals surface area contributed by atoms with E-state index in [9.17, 15) is 4.79 Å². The van der Waals surface area contributed by atoms with Gasteiger partial charge in [-0.2, -0.15) is 15.1 Å². The van der Waals surface area contributed by atoms with Crippen LogP contribution in [0.3, 0.4) is 0 Å². The van der Waals surface area contributed by atoms with Gasteiger partial charge in [-0.1, -0.05) is 24.3 Å². The molecule has 21 heavy (non-hydrogen) atoms. The fourth-order valence-electron chi connectivity index (χ4n) is 2.01. The lowest BCUT2D eigenvalue weighted by atomic mass is 10.1. The number of amides is 1. The monoisotopic (exact) mass is 279 g/mol. The maximum absolute atomic E-state index is 12.2. The van der Waals surface area contributed by atoms with Crippen molar-refractivity contribution in [3.63, 3.8) is 0 Å². The van der Waals surface area contributed by atoms with Gasteiger partial charge in [0.05, 0.1) is 5.70 Å². The average Bonchev–Trinajstić information content (AvgIpc) is 3.10. The van der Waals surface area contributed by atoms with Crippen LogP contribution in [-0.4, -0.2) is 26.9 Å². The van der Waals surface area contributed by atoms with E-state index in [0.29, 0.717) is 11.3 Å². The molecule has 8 nitrogen and oxygen atoms in total. The minimum Gasteiger partial charge on any atom is -0.340 e. The highest BCUT2D eigenvalue weighted by atomic mass is 16.2. The van der Waals surface area contributed by atoms with Gasteiger partial charge in [-0.25, -0.2) is 0 Å². The molecule has 2 aromatic rings. The molecule has 8 heteroatoms. The zero-order chi connectivity index (χ0) is 14.8. The molecule has 0 saturated carbocycles. The summed E-state index contributed by atoms with van der Waals surface area (Å²) in [5.74, 6) is -0.407. The Morgan fingerprint density at radius 1 is 1.38 bits per heavy atom. The standard InChI is InChI=1S/C13H9N7O/c14-6-20(13-16-7-17-19-13)11(21)5-10-8-3-1-2-4-9(8)12(15)18-10/h1-5,7H,(H2,15,18)(H,16,17,19).